The van der Waals surface area contributed by atoms with E-state index < -0.39 is 17.2 Å². The lowest BCUT2D eigenvalue weighted by molar-refractivity contribution is -0.127. The molecule has 0 aromatic heterocycles. The molecule has 0 aliphatic rings. The van der Waals surface area contributed by atoms with Crippen molar-refractivity contribution in [1.29, 1.82) is 0 Å². The second kappa shape index (κ2) is 6.39. The summed E-state index contributed by atoms with van der Waals surface area (Å²) in [6.07, 6.45) is 0. The molecule has 0 aliphatic heterocycles. The second-order valence-corrected chi connectivity index (χ2v) is 3.11. The molecule has 2 amide bonds. The molecule has 4 N–H and O–H groups in total. The van der Waals surface area contributed by atoms with Crippen molar-refractivity contribution in [1.82, 2.24) is 10.6 Å². The topological polar surface area (TPSA) is 101 Å². The quantitative estimate of drug-likeness (QED) is 0.318. The predicted octanol–water partition coefficient (Wildman–Crippen LogP) is -1.98. The summed E-state index contributed by atoms with van der Waals surface area (Å²) in [5.74, 6) is -1.20. The molecule has 0 saturated heterocycles. The third-order valence-corrected chi connectivity index (χ3v) is 1.61. The first kappa shape index (κ1) is 12.9. The van der Waals surface area contributed by atoms with Crippen LogP contribution in [0.5, 0.6) is 0 Å². The number of hydrogen-bond donors (Lipinski definition) is 4. The zero-order valence-electron chi connectivity index (χ0n) is 7.74. The molecule has 6 nitrogen and oxygen atoms in total. The SMILES string of the molecule is CC(=O)CNC(=O)C(S)NC(=O)CN. The summed E-state index contributed by atoms with van der Waals surface area (Å²) in [5, 5.41) is 3.54. The van der Waals surface area contributed by atoms with E-state index in [4.69, 9.17) is 5.73 Å². The number of rotatable bonds is 5. The number of hydrogen-bond acceptors (Lipinski definition) is 5. The molecule has 0 aromatic carbocycles. The first-order valence-corrected chi connectivity index (χ1v) is 4.43. The van der Waals surface area contributed by atoms with Gasteiger partial charge < -0.3 is 16.4 Å². The van der Waals surface area contributed by atoms with Gasteiger partial charge in [-0.05, 0) is 6.92 Å². The second-order valence-electron chi connectivity index (χ2n) is 2.59. The molecule has 0 radical (unpaired) electrons. The summed E-state index contributed by atoms with van der Waals surface area (Å²) in [5.41, 5.74) is 5.01. The lowest BCUT2D eigenvalue weighted by Gasteiger charge is -2.11. The van der Waals surface area contributed by atoms with Gasteiger partial charge in [-0.3, -0.25) is 14.4 Å². The molecule has 0 aliphatic carbocycles. The van der Waals surface area contributed by atoms with Crippen LogP contribution in [0.15, 0.2) is 0 Å². The van der Waals surface area contributed by atoms with Crippen molar-refractivity contribution in [2.75, 3.05) is 13.1 Å². The lowest BCUT2D eigenvalue weighted by atomic mass is 10.4. The van der Waals surface area contributed by atoms with Gasteiger partial charge >= 0.3 is 0 Å². The molecule has 0 saturated carbocycles. The largest absolute Gasteiger partial charge is 0.346 e. The number of Topliss-reactive ketones (excluding diaryl/α,β-unsaturated/α-hetero) is 1. The molecule has 80 valence electrons. The zero-order chi connectivity index (χ0) is 11.1. The number of ketones is 1. The van der Waals surface area contributed by atoms with Crippen molar-refractivity contribution in [2.24, 2.45) is 5.73 Å². The van der Waals surface area contributed by atoms with Crippen LogP contribution in [0.25, 0.3) is 0 Å². The Morgan fingerprint density at radius 2 is 2.00 bits per heavy atom. The number of nitrogens with two attached hydrogens (primary N) is 1. The molecule has 0 bridgehead atoms. The van der Waals surface area contributed by atoms with Crippen LogP contribution in [0.1, 0.15) is 6.92 Å². The van der Waals surface area contributed by atoms with Crippen LogP contribution in [0.3, 0.4) is 0 Å². The third kappa shape index (κ3) is 5.55. The van der Waals surface area contributed by atoms with Gasteiger partial charge in [-0.15, -0.1) is 12.6 Å². The Kier molecular flexibility index (Phi) is 5.89. The van der Waals surface area contributed by atoms with Gasteiger partial charge in [0.15, 0.2) is 5.37 Å². The fourth-order valence-corrected chi connectivity index (χ4v) is 0.821. The molecule has 0 rings (SSSR count). The minimum Gasteiger partial charge on any atom is -0.346 e. The number of amides is 2. The number of carbonyl (C=O) groups is 3. The van der Waals surface area contributed by atoms with Crippen LogP contribution in [0, 0.1) is 0 Å². The summed E-state index contributed by atoms with van der Waals surface area (Å²) in [6.45, 7) is 1.05. The number of nitrogens with one attached hydrogen (secondary N) is 2. The highest BCUT2D eigenvalue weighted by molar-refractivity contribution is 7.81. The van der Waals surface area contributed by atoms with Gasteiger partial charge in [-0.1, -0.05) is 0 Å². The van der Waals surface area contributed by atoms with Crippen molar-refractivity contribution in [3.05, 3.63) is 0 Å². The lowest BCUT2D eigenvalue weighted by Crippen LogP contribution is -2.46. The molecule has 0 heterocycles. The molecule has 0 fully saturated rings. The van der Waals surface area contributed by atoms with E-state index in [0.29, 0.717) is 0 Å². The fraction of sp³-hybridized carbons (Fsp3) is 0.571. The smallest absolute Gasteiger partial charge is 0.253 e. The van der Waals surface area contributed by atoms with E-state index >= 15 is 0 Å². The zero-order valence-corrected chi connectivity index (χ0v) is 8.64. The predicted molar refractivity (Wildman–Crippen MR) is 53.7 cm³/mol. The van der Waals surface area contributed by atoms with E-state index in [1.165, 1.54) is 6.92 Å². The van der Waals surface area contributed by atoms with Crippen molar-refractivity contribution in [3.8, 4) is 0 Å². The molecular formula is C7H13N3O3S. The van der Waals surface area contributed by atoms with E-state index in [2.05, 4.69) is 23.3 Å². The average molecular weight is 219 g/mol. The van der Waals surface area contributed by atoms with E-state index in [9.17, 15) is 14.4 Å². The van der Waals surface area contributed by atoms with E-state index in [1.54, 1.807) is 0 Å². The summed E-state index contributed by atoms with van der Waals surface area (Å²) in [6, 6.07) is 0. The van der Waals surface area contributed by atoms with Gasteiger partial charge in [0.1, 0.15) is 5.78 Å². The van der Waals surface area contributed by atoms with Crippen LogP contribution < -0.4 is 16.4 Å². The molecule has 0 aromatic rings. The normalized spacial score (nSPS) is 11.6. The van der Waals surface area contributed by atoms with E-state index in [1.807, 2.05) is 0 Å². The van der Waals surface area contributed by atoms with Gasteiger partial charge in [0.2, 0.25) is 5.91 Å². The average Bonchev–Trinajstić information content (AvgIpc) is 2.13. The van der Waals surface area contributed by atoms with Crippen LogP contribution >= 0.6 is 12.6 Å². The monoisotopic (exact) mass is 219 g/mol. The Hall–Kier alpha value is -1.08. The minimum atomic E-state index is -0.981. The molecular weight excluding hydrogens is 206 g/mol. The Morgan fingerprint density at radius 3 is 2.43 bits per heavy atom. The van der Waals surface area contributed by atoms with Crippen LogP contribution in [-0.2, 0) is 14.4 Å². The minimum absolute atomic E-state index is 0.0750. The maximum atomic E-state index is 11.1. The Balaban J connectivity index is 3.87. The Morgan fingerprint density at radius 1 is 1.43 bits per heavy atom. The van der Waals surface area contributed by atoms with Crippen LogP contribution in [0.4, 0.5) is 0 Å². The molecule has 0 spiro atoms. The van der Waals surface area contributed by atoms with Crippen molar-refractivity contribution in [2.45, 2.75) is 12.3 Å². The summed E-state index contributed by atoms with van der Waals surface area (Å²) in [4.78, 5) is 32.3. The standard InChI is InChI=1S/C7H13N3O3S/c1-4(11)3-9-6(13)7(14)10-5(12)2-8/h7,14H,2-3,8H2,1H3,(H,9,13)(H,10,12). The van der Waals surface area contributed by atoms with Gasteiger partial charge in [-0.2, -0.15) is 0 Å². The van der Waals surface area contributed by atoms with E-state index in [-0.39, 0.29) is 18.9 Å². The Labute approximate surface area is 87.0 Å². The van der Waals surface area contributed by atoms with E-state index in [0.717, 1.165) is 0 Å². The highest BCUT2D eigenvalue weighted by atomic mass is 32.1. The van der Waals surface area contributed by atoms with Crippen molar-refractivity contribution >= 4 is 30.2 Å². The van der Waals surface area contributed by atoms with Gasteiger partial charge in [0.25, 0.3) is 5.91 Å². The number of thiol groups is 1. The summed E-state index contributed by atoms with van der Waals surface area (Å²) in [7, 11) is 0. The van der Waals surface area contributed by atoms with Crippen LogP contribution in [0.2, 0.25) is 0 Å². The highest BCUT2D eigenvalue weighted by Gasteiger charge is 2.15. The Bertz CT molecular complexity index is 244. The summed E-state index contributed by atoms with van der Waals surface area (Å²) < 4.78 is 0. The molecule has 7 heteroatoms. The first-order valence-electron chi connectivity index (χ1n) is 3.92. The van der Waals surface area contributed by atoms with Crippen molar-refractivity contribution in [3.63, 3.8) is 0 Å². The van der Waals surface area contributed by atoms with Gasteiger partial charge in [-0.25, -0.2) is 0 Å². The highest BCUT2D eigenvalue weighted by Crippen LogP contribution is 1.89. The number of carbonyl (C=O) groups excluding carboxylic acids is 3. The molecule has 1 atom stereocenters. The first-order chi connectivity index (χ1) is 6.47. The van der Waals surface area contributed by atoms with Crippen LogP contribution in [-0.4, -0.2) is 36.1 Å². The van der Waals surface area contributed by atoms with Gasteiger partial charge in [0.05, 0.1) is 13.1 Å². The molecule has 1 unspecified atom stereocenters. The summed E-state index contributed by atoms with van der Waals surface area (Å²) >= 11 is 3.81. The van der Waals surface area contributed by atoms with Crippen molar-refractivity contribution < 1.29 is 14.4 Å². The third-order valence-electron chi connectivity index (χ3n) is 1.24. The fourth-order valence-electron chi connectivity index (χ4n) is 0.585. The maximum Gasteiger partial charge on any atom is 0.253 e. The molecule has 14 heavy (non-hydrogen) atoms. The van der Waals surface area contributed by atoms with Gasteiger partial charge in [0, 0.05) is 0 Å². The maximum absolute atomic E-state index is 11.1.